The molecule has 0 spiro atoms. The van der Waals surface area contributed by atoms with E-state index in [-0.39, 0.29) is 0 Å². The van der Waals surface area contributed by atoms with E-state index in [0.29, 0.717) is 13.2 Å². The van der Waals surface area contributed by atoms with Crippen LogP contribution in [0, 0.1) is 0 Å². The Balaban J connectivity index is 2.43. The highest BCUT2D eigenvalue weighted by Crippen LogP contribution is 2.25. The van der Waals surface area contributed by atoms with Gasteiger partial charge < -0.3 is 8.85 Å². The molecule has 0 saturated heterocycles. The largest absolute Gasteiger partial charge is 0.403 e. The van der Waals surface area contributed by atoms with Crippen LogP contribution in [0.15, 0.2) is 53.8 Å². The molecule has 0 amide bonds. The van der Waals surface area contributed by atoms with Crippen LogP contribution in [-0.4, -0.2) is 21.8 Å². The minimum absolute atomic E-state index is 0.679. The Kier molecular flexibility index (Phi) is 4.52. The third kappa shape index (κ3) is 2.48. The van der Waals surface area contributed by atoms with E-state index in [9.17, 15) is 0 Å². The zero-order valence-corrected chi connectivity index (χ0v) is 12.1. The second-order valence-electron chi connectivity index (χ2n) is 4.17. The summed E-state index contributed by atoms with van der Waals surface area (Å²) in [6.07, 6.45) is 7.36. The Bertz CT molecular complexity index is 431. The van der Waals surface area contributed by atoms with Gasteiger partial charge in [-0.2, -0.15) is 0 Å². The first-order valence-corrected chi connectivity index (χ1v) is 8.34. The lowest BCUT2D eigenvalue weighted by Crippen LogP contribution is -2.55. The molecule has 1 aromatic rings. The molecule has 2 nitrogen and oxygen atoms in total. The fraction of sp³-hybridized carbons (Fsp3) is 0.333. The van der Waals surface area contributed by atoms with E-state index < -0.39 is 8.56 Å². The van der Waals surface area contributed by atoms with E-state index in [2.05, 4.69) is 42.5 Å². The van der Waals surface area contributed by atoms with E-state index in [0.717, 1.165) is 6.42 Å². The summed E-state index contributed by atoms with van der Waals surface area (Å²) in [5, 5.41) is 2.50. The highest BCUT2D eigenvalue weighted by atomic mass is 28.4. The molecule has 0 saturated carbocycles. The van der Waals surface area contributed by atoms with E-state index in [1.807, 2.05) is 19.9 Å². The summed E-state index contributed by atoms with van der Waals surface area (Å²) in [7, 11) is -2.44. The molecule has 0 heterocycles. The number of rotatable bonds is 6. The number of benzene rings is 1. The van der Waals surface area contributed by atoms with Crippen molar-refractivity contribution in [2.75, 3.05) is 13.2 Å². The average molecular weight is 260 g/mol. The van der Waals surface area contributed by atoms with Crippen LogP contribution < -0.4 is 5.19 Å². The summed E-state index contributed by atoms with van der Waals surface area (Å²) < 4.78 is 12.3. The van der Waals surface area contributed by atoms with Gasteiger partial charge in [-0.15, -0.1) is 0 Å². The van der Waals surface area contributed by atoms with Gasteiger partial charge in [-0.05, 0) is 30.7 Å². The van der Waals surface area contributed by atoms with Crippen LogP contribution in [0.25, 0.3) is 0 Å². The maximum Gasteiger partial charge on any atom is 0.403 e. The fourth-order valence-electron chi connectivity index (χ4n) is 2.33. The smallest absolute Gasteiger partial charge is 0.388 e. The molecular weight excluding hydrogens is 240 g/mol. The predicted molar refractivity (Wildman–Crippen MR) is 76.9 cm³/mol. The summed E-state index contributed by atoms with van der Waals surface area (Å²) in [5.74, 6) is 0. The standard InChI is InChI=1S/C15H20O2Si/c1-3-16-18(17-4-2,15-12-8-9-13-15)14-10-6-5-7-11-14/h5-12H,3-4,13H2,1-2H3. The van der Waals surface area contributed by atoms with Crippen molar-refractivity contribution >= 4 is 13.7 Å². The van der Waals surface area contributed by atoms with Crippen molar-refractivity contribution in [2.24, 2.45) is 0 Å². The Labute approximate surface area is 110 Å². The first-order valence-electron chi connectivity index (χ1n) is 6.53. The molecular formula is C15H20O2Si. The van der Waals surface area contributed by atoms with Crippen LogP contribution in [0.2, 0.25) is 0 Å². The van der Waals surface area contributed by atoms with Crippen molar-refractivity contribution in [2.45, 2.75) is 20.3 Å². The van der Waals surface area contributed by atoms with Crippen LogP contribution in [0.4, 0.5) is 0 Å². The van der Waals surface area contributed by atoms with Gasteiger partial charge in [-0.25, -0.2) is 0 Å². The van der Waals surface area contributed by atoms with Crippen molar-refractivity contribution in [3.05, 3.63) is 53.8 Å². The van der Waals surface area contributed by atoms with Crippen molar-refractivity contribution in [3.63, 3.8) is 0 Å². The monoisotopic (exact) mass is 260 g/mol. The van der Waals surface area contributed by atoms with Gasteiger partial charge in [0.25, 0.3) is 0 Å². The normalized spacial score (nSPS) is 14.9. The molecule has 0 aliphatic heterocycles. The molecule has 0 radical (unpaired) electrons. The number of hydrogen-bond donors (Lipinski definition) is 0. The van der Waals surface area contributed by atoms with Crippen molar-refractivity contribution in [1.29, 1.82) is 0 Å². The molecule has 0 N–H and O–H groups in total. The van der Waals surface area contributed by atoms with Gasteiger partial charge in [0.05, 0.1) is 0 Å². The molecule has 0 aromatic heterocycles. The topological polar surface area (TPSA) is 18.5 Å². The van der Waals surface area contributed by atoms with Crippen molar-refractivity contribution < 1.29 is 8.85 Å². The van der Waals surface area contributed by atoms with Gasteiger partial charge in [0.1, 0.15) is 0 Å². The molecule has 0 fully saturated rings. The molecule has 1 aliphatic carbocycles. The van der Waals surface area contributed by atoms with E-state index in [4.69, 9.17) is 8.85 Å². The second-order valence-corrected chi connectivity index (χ2v) is 7.20. The molecule has 1 aliphatic rings. The molecule has 96 valence electrons. The summed E-state index contributed by atoms with van der Waals surface area (Å²) >= 11 is 0. The third-order valence-corrected chi connectivity index (χ3v) is 6.74. The van der Waals surface area contributed by atoms with Gasteiger partial charge in [-0.3, -0.25) is 0 Å². The number of hydrogen-bond acceptors (Lipinski definition) is 2. The Morgan fingerprint density at radius 2 is 1.72 bits per heavy atom. The maximum absolute atomic E-state index is 6.15. The quantitative estimate of drug-likeness (QED) is 0.732. The molecule has 3 heteroatoms. The zero-order chi connectivity index (χ0) is 12.8. The highest BCUT2D eigenvalue weighted by Gasteiger charge is 2.43. The van der Waals surface area contributed by atoms with Crippen LogP contribution in [0.5, 0.6) is 0 Å². The van der Waals surface area contributed by atoms with Crippen molar-refractivity contribution in [1.82, 2.24) is 0 Å². The Morgan fingerprint density at radius 1 is 1.06 bits per heavy atom. The summed E-state index contributed by atoms with van der Waals surface area (Å²) in [6, 6.07) is 10.4. The predicted octanol–water partition coefficient (Wildman–Crippen LogP) is 2.83. The van der Waals surface area contributed by atoms with Crippen molar-refractivity contribution in [3.8, 4) is 0 Å². The lowest BCUT2D eigenvalue weighted by molar-refractivity contribution is 0.204. The lowest BCUT2D eigenvalue weighted by atomic mass is 10.4. The van der Waals surface area contributed by atoms with E-state index in [1.165, 1.54) is 10.4 Å². The summed E-state index contributed by atoms with van der Waals surface area (Å²) in [4.78, 5) is 0. The van der Waals surface area contributed by atoms with Crippen LogP contribution >= 0.6 is 0 Å². The molecule has 0 unspecified atom stereocenters. The van der Waals surface area contributed by atoms with Gasteiger partial charge in [0.2, 0.25) is 0 Å². The highest BCUT2D eigenvalue weighted by molar-refractivity contribution is 6.87. The summed E-state index contributed by atoms with van der Waals surface area (Å²) in [5.41, 5.74) is 0. The van der Waals surface area contributed by atoms with Gasteiger partial charge in [-0.1, -0.05) is 48.6 Å². The minimum Gasteiger partial charge on any atom is -0.388 e. The fourth-order valence-corrected chi connectivity index (χ4v) is 5.64. The molecule has 0 bridgehead atoms. The zero-order valence-electron chi connectivity index (χ0n) is 11.1. The van der Waals surface area contributed by atoms with Gasteiger partial charge >= 0.3 is 8.56 Å². The summed E-state index contributed by atoms with van der Waals surface area (Å²) in [6.45, 7) is 5.43. The van der Waals surface area contributed by atoms with Crippen LogP contribution in [-0.2, 0) is 8.85 Å². The first kappa shape index (κ1) is 13.3. The lowest BCUT2D eigenvalue weighted by Gasteiger charge is -2.31. The van der Waals surface area contributed by atoms with E-state index >= 15 is 0 Å². The Hall–Kier alpha value is -1.16. The molecule has 18 heavy (non-hydrogen) atoms. The van der Waals surface area contributed by atoms with Gasteiger partial charge in [0.15, 0.2) is 0 Å². The maximum atomic E-state index is 6.15. The molecule has 2 rings (SSSR count). The van der Waals surface area contributed by atoms with E-state index in [1.54, 1.807) is 0 Å². The number of allylic oxidation sites excluding steroid dienone is 4. The SMILES string of the molecule is CCO[Si](OCC)(C1=CC=CC1)c1ccccc1. The van der Waals surface area contributed by atoms with Gasteiger partial charge in [0, 0.05) is 13.2 Å². The average Bonchev–Trinajstić information content (AvgIpc) is 2.94. The van der Waals surface area contributed by atoms with Crippen LogP contribution in [0.3, 0.4) is 0 Å². The molecule has 1 aromatic carbocycles. The Morgan fingerprint density at radius 3 is 2.22 bits per heavy atom. The third-order valence-electron chi connectivity index (χ3n) is 3.04. The molecule has 0 atom stereocenters. The minimum atomic E-state index is -2.44. The van der Waals surface area contributed by atoms with Crippen LogP contribution in [0.1, 0.15) is 20.3 Å². The first-order chi connectivity index (χ1) is 8.83. The second kappa shape index (κ2) is 6.14.